The molecule has 0 radical (unpaired) electrons. The van der Waals surface area contributed by atoms with Gasteiger partial charge < -0.3 is 9.72 Å². The van der Waals surface area contributed by atoms with E-state index in [9.17, 15) is 4.79 Å². The van der Waals surface area contributed by atoms with Crippen LogP contribution in [0.1, 0.15) is 24.0 Å². The van der Waals surface area contributed by atoms with Gasteiger partial charge >= 0.3 is 5.97 Å². The minimum atomic E-state index is -0.335. The van der Waals surface area contributed by atoms with Crippen molar-refractivity contribution in [3.63, 3.8) is 0 Å². The minimum Gasteiger partial charge on any atom is -0.460 e. The van der Waals surface area contributed by atoms with E-state index in [0.717, 1.165) is 32.9 Å². The first-order chi connectivity index (χ1) is 12.6. The van der Waals surface area contributed by atoms with Crippen LogP contribution in [0.25, 0.3) is 21.8 Å². The number of hydrogen-bond acceptors (Lipinski definition) is 2. The van der Waals surface area contributed by atoms with Crippen LogP contribution in [0.15, 0.2) is 66.7 Å². The average Bonchev–Trinajstić information content (AvgIpc) is 3.03. The fraction of sp³-hybridized carbons (Fsp3) is 0.136. The van der Waals surface area contributed by atoms with Crippen molar-refractivity contribution in [1.82, 2.24) is 4.98 Å². The maximum atomic E-state index is 12.4. The lowest BCUT2D eigenvalue weighted by Crippen LogP contribution is -2.13. The third kappa shape index (κ3) is 3.18. The lowest BCUT2D eigenvalue weighted by Gasteiger charge is -2.12. The molecule has 1 aromatic heterocycles. The molecule has 0 spiro atoms. The summed E-state index contributed by atoms with van der Waals surface area (Å²) in [6, 6.07) is 21.5. The topological polar surface area (TPSA) is 42.1 Å². The average molecular weight is 364 g/mol. The molecule has 0 saturated carbocycles. The molecular weight excluding hydrogens is 346 g/mol. The molecule has 0 saturated heterocycles. The van der Waals surface area contributed by atoms with Crippen molar-refractivity contribution in [3.05, 3.63) is 82.9 Å². The summed E-state index contributed by atoms with van der Waals surface area (Å²) in [5, 5.41) is 2.88. The molecule has 26 heavy (non-hydrogen) atoms. The summed E-state index contributed by atoms with van der Waals surface area (Å²) < 4.78 is 5.46. The maximum absolute atomic E-state index is 12.4. The molecule has 1 unspecified atom stereocenters. The smallest absolute Gasteiger partial charge is 0.313 e. The van der Waals surface area contributed by atoms with E-state index < -0.39 is 0 Å². The molecule has 0 aliphatic rings. The van der Waals surface area contributed by atoms with E-state index in [2.05, 4.69) is 4.98 Å². The number of aromatic nitrogens is 1. The van der Waals surface area contributed by atoms with Gasteiger partial charge in [-0.3, -0.25) is 4.79 Å². The van der Waals surface area contributed by atoms with Gasteiger partial charge in [0, 0.05) is 26.8 Å². The molecule has 1 atom stereocenters. The number of rotatable bonds is 4. The predicted octanol–water partition coefficient (Wildman–Crippen LogP) is 5.82. The van der Waals surface area contributed by atoms with Crippen molar-refractivity contribution >= 4 is 39.4 Å². The van der Waals surface area contributed by atoms with Crippen molar-refractivity contribution in [1.29, 1.82) is 0 Å². The Kier molecular flexibility index (Phi) is 4.39. The summed E-state index contributed by atoms with van der Waals surface area (Å²) in [4.78, 5) is 15.8. The molecule has 130 valence electrons. The monoisotopic (exact) mass is 363 g/mol. The van der Waals surface area contributed by atoms with Gasteiger partial charge in [0.2, 0.25) is 0 Å². The zero-order valence-corrected chi connectivity index (χ0v) is 15.1. The van der Waals surface area contributed by atoms with Crippen LogP contribution in [-0.2, 0) is 16.1 Å². The molecule has 0 amide bonds. The van der Waals surface area contributed by atoms with Crippen molar-refractivity contribution in [2.45, 2.75) is 19.4 Å². The SMILES string of the molecule is CC(C(=O)OCc1ccccc1)c1ccc2c(c1)[nH]c1ccc(Cl)cc12. The van der Waals surface area contributed by atoms with E-state index in [1.54, 1.807) is 0 Å². The van der Waals surface area contributed by atoms with Crippen LogP contribution in [0.5, 0.6) is 0 Å². The quantitative estimate of drug-likeness (QED) is 0.464. The summed E-state index contributed by atoms with van der Waals surface area (Å²) in [5.41, 5.74) is 3.92. The standard InChI is InChI=1S/C22H18ClNO2/c1-14(22(25)26-13-15-5-3-2-4-6-15)16-7-9-18-19-12-17(23)8-10-20(19)24-21(18)11-16/h2-12,14,24H,13H2,1H3. The van der Waals surface area contributed by atoms with Gasteiger partial charge in [0.25, 0.3) is 0 Å². The number of aromatic amines is 1. The van der Waals surface area contributed by atoms with Crippen LogP contribution >= 0.6 is 11.6 Å². The van der Waals surface area contributed by atoms with Crippen LogP contribution in [0.3, 0.4) is 0 Å². The van der Waals surface area contributed by atoms with Crippen LogP contribution in [0.2, 0.25) is 5.02 Å². The second-order valence-corrected chi connectivity index (χ2v) is 6.87. The fourth-order valence-electron chi connectivity index (χ4n) is 3.15. The van der Waals surface area contributed by atoms with Gasteiger partial charge in [0.1, 0.15) is 6.61 Å². The van der Waals surface area contributed by atoms with E-state index in [1.165, 1.54) is 0 Å². The van der Waals surface area contributed by atoms with E-state index >= 15 is 0 Å². The zero-order valence-electron chi connectivity index (χ0n) is 14.3. The summed E-state index contributed by atoms with van der Waals surface area (Å²) >= 11 is 6.11. The van der Waals surface area contributed by atoms with Gasteiger partial charge in [-0.15, -0.1) is 0 Å². The summed E-state index contributed by atoms with van der Waals surface area (Å²) in [5.74, 6) is -0.564. The van der Waals surface area contributed by atoms with E-state index in [4.69, 9.17) is 16.3 Å². The molecule has 4 heteroatoms. The number of esters is 1. The largest absolute Gasteiger partial charge is 0.460 e. The Balaban J connectivity index is 1.57. The van der Waals surface area contributed by atoms with E-state index in [-0.39, 0.29) is 18.5 Å². The van der Waals surface area contributed by atoms with Crippen molar-refractivity contribution in [2.24, 2.45) is 0 Å². The highest BCUT2D eigenvalue weighted by molar-refractivity contribution is 6.31. The van der Waals surface area contributed by atoms with E-state index in [0.29, 0.717) is 5.02 Å². The highest BCUT2D eigenvalue weighted by Crippen LogP contribution is 2.30. The van der Waals surface area contributed by atoms with Crippen molar-refractivity contribution in [3.8, 4) is 0 Å². The molecule has 0 fully saturated rings. The first-order valence-electron chi connectivity index (χ1n) is 8.53. The second-order valence-electron chi connectivity index (χ2n) is 6.43. The number of ether oxygens (including phenoxy) is 1. The lowest BCUT2D eigenvalue weighted by atomic mass is 9.99. The third-order valence-corrected chi connectivity index (χ3v) is 4.90. The number of carbonyl (C=O) groups excluding carboxylic acids is 1. The van der Waals surface area contributed by atoms with Gasteiger partial charge in [-0.25, -0.2) is 0 Å². The highest BCUT2D eigenvalue weighted by atomic mass is 35.5. The Morgan fingerprint density at radius 3 is 2.62 bits per heavy atom. The molecule has 4 aromatic rings. The molecular formula is C22H18ClNO2. The molecule has 0 bridgehead atoms. The number of hydrogen-bond donors (Lipinski definition) is 1. The highest BCUT2D eigenvalue weighted by Gasteiger charge is 2.18. The van der Waals surface area contributed by atoms with Gasteiger partial charge in [-0.1, -0.05) is 54.1 Å². The van der Waals surface area contributed by atoms with Crippen molar-refractivity contribution < 1.29 is 9.53 Å². The first kappa shape index (κ1) is 16.7. The fourth-order valence-corrected chi connectivity index (χ4v) is 3.32. The summed E-state index contributed by atoms with van der Waals surface area (Å²) in [7, 11) is 0. The molecule has 0 aliphatic carbocycles. The summed E-state index contributed by atoms with van der Waals surface area (Å²) in [6.07, 6.45) is 0. The minimum absolute atomic E-state index is 0.229. The molecule has 1 N–H and O–H groups in total. The second kappa shape index (κ2) is 6.85. The van der Waals surface area contributed by atoms with Gasteiger partial charge in [-0.05, 0) is 42.3 Å². The maximum Gasteiger partial charge on any atom is 0.313 e. The van der Waals surface area contributed by atoms with Crippen LogP contribution in [0, 0.1) is 0 Å². The molecule has 0 aliphatic heterocycles. The normalized spacial score (nSPS) is 12.4. The Morgan fingerprint density at radius 1 is 1.00 bits per heavy atom. The van der Waals surface area contributed by atoms with Gasteiger partial charge in [0.05, 0.1) is 5.92 Å². The Bertz CT molecular complexity index is 1090. The number of carbonyl (C=O) groups is 1. The molecule has 4 rings (SSSR count). The molecule has 1 heterocycles. The molecule has 3 nitrogen and oxygen atoms in total. The number of fused-ring (bicyclic) bond motifs is 3. The zero-order chi connectivity index (χ0) is 18.1. The Labute approximate surface area is 156 Å². The number of benzene rings is 3. The Morgan fingerprint density at radius 2 is 1.81 bits per heavy atom. The van der Waals surface area contributed by atoms with Crippen LogP contribution in [0.4, 0.5) is 0 Å². The van der Waals surface area contributed by atoms with Crippen LogP contribution < -0.4 is 0 Å². The molecule has 3 aromatic carbocycles. The Hall–Kier alpha value is -2.78. The van der Waals surface area contributed by atoms with Crippen molar-refractivity contribution in [2.75, 3.05) is 0 Å². The van der Waals surface area contributed by atoms with Gasteiger partial charge in [-0.2, -0.15) is 0 Å². The summed E-state index contributed by atoms with van der Waals surface area (Å²) in [6.45, 7) is 2.16. The van der Waals surface area contributed by atoms with Gasteiger partial charge in [0.15, 0.2) is 0 Å². The first-order valence-corrected chi connectivity index (χ1v) is 8.91. The number of nitrogens with one attached hydrogen (secondary N) is 1. The third-order valence-electron chi connectivity index (χ3n) is 4.66. The van der Waals surface area contributed by atoms with Crippen LogP contribution in [-0.4, -0.2) is 11.0 Å². The number of H-pyrrole nitrogens is 1. The number of halogens is 1. The predicted molar refractivity (Wildman–Crippen MR) is 105 cm³/mol. The van der Waals surface area contributed by atoms with E-state index in [1.807, 2.05) is 73.7 Å². The lowest BCUT2D eigenvalue weighted by molar-refractivity contribution is -0.146.